The molecule has 1 aliphatic rings. The van der Waals surface area contributed by atoms with E-state index in [4.69, 9.17) is 4.74 Å². The Bertz CT molecular complexity index is 1550. The van der Waals surface area contributed by atoms with Crippen LogP contribution in [0.15, 0.2) is 59.6 Å². The number of carbonyl (C=O) groups is 4. The molecule has 18 heteroatoms. The van der Waals surface area contributed by atoms with Gasteiger partial charge in [0.2, 0.25) is 12.1 Å². The number of hydrogen-bond acceptors (Lipinski definition) is 8. The number of carboxylic acids is 1. The van der Waals surface area contributed by atoms with Crippen molar-refractivity contribution in [2.24, 2.45) is 16.8 Å². The third-order valence-electron chi connectivity index (χ3n) is 7.40. The Kier molecular flexibility index (Phi) is 14.3. The van der Waals surface area contributed by atoms with Gasteiger partial charge in [-0.3, -0.25) is 14.3 Å². The molecule has 0 bridgehead atoms. The van der Waals surface area contributed by atoms with Gasteiger partial charge < -0.3 is 25.8 Å². The molecule has 2 aromatic carbocycles. The van der Waals surface area contributed by atoms with Gasteiger partial charge in [0, 0.05) is 42.2 Å². The maximum Gasteiger partial charge on any atom is 0.408 e. The van der Waals surface area contributed by atoms with Crippen LogP contribution in [0.4, 0.5) is 36.8 Å². The predicted octanol–water partition coefficient (Wildman–Crippen LogP) is 6.05. The van der Waals surface area contributed by atoms with Crippen LogP contribution >= 0.6 is 11.9 Å². The molecular formula is C33H39F6N5O6S. The number of alkyl halides is 6. The van der Waals surface area contributed by atoms with Crippen molar-refractivity contribution in [3.05, 3.63) is 65.7 Å². The quantitative estimate of drug-likeness (QED) is 0.0838. The Morgan fingerprint density at radius 1 is 0.941 bits per heavy atom. The molecule has 51 heavy (non-hydrogen) atoms. The summed E-state index contributed by atoms with van der Waals surface area (Å²) in [5.41, 5.74) is 0.736. The molecular weight excluding hydrogens is 708 g/mol. The van der Waals surface area contributed by atoms with E-state index >= 15 is 0 Å². The molecule has 280 valence electrons. The number of aliphatic carboxylic acids is 1. The van der Waals surface area contributed by atoms with E-state index in [0.29, 0.717) is 28.8 Å². The molecule has 1 aliphatic heterocycles. The normalized spacial score (nSPS) is 16.8. The molecule has 0 saturated carbocycles. The lowest BCUT2D eigenvalue weighted by Crippen LogP contribution is -2.47. The topological polar surface area (TPSA) is 158 Å². The van der Waals surface area contributed by atoms with Crippen molar-refractivity contribution in [1.29, 1.82) is 0 Å². The Morgan fingerprint density at radius 2 is 1.55 bits per heavy atom. The average molecular weight is 748 g/mol. The average Bonchev–Trinajstić information content (AvgIpc) is 3.15. The summed E-state index contributed by atoms with van der Waals surface area (Å²) >= 11 is 0.672. The number of para-hydroxylation sites is 1. The molecule has 1 unspecified atom stereocenters. The molecule has 11 nitrogen and oxygen atoms in total. The molecule has 2 aromatic rings. The summed E-state index contributed by atoms with van der Waals surface area (Å²) < 4.78 is 88.2. The number of nitrogens with one attached hydrogen (secondary N) is 4. The number of benzene rings is 2. The third-order valence-corrected chi connectivity index (χ3v) is 8.27. The second-order valence-electron chi connectivity index (χ2n) is 12.7. The zero-order valence-electron chi connectivity index (χ0n) is 27.9. The molecule has 4 atom stereocenters. The van der Waals surface area contributed by atoms with Gasteiger partial charge in [-0.15, -0.1) is 0 Å². The molecule has 0 radical (unpaired) electrons. The first-order chi connectivity index (χ1) is 23.7. The van der Waals surface area contributed by atoms with Gasteiger partial charge in [0.15, 0.2) is 0 Å². The number of nitrogens with zero attached hydrogens (tertiary/aromatic N) is 1. The maximum absolute atomic E-state index is 13.8. The maximum atomic E-state index is 13.8. The number of ether oxygens (including phenoxy) is 1. The summed E-state index contributed by atoms with van der Waals surface area (Å²) in [5, 5.41) is 16.7. The number of benzodiazepines with no additional fused rings is 1. The Morgan fingerprint density at radius 3 is 2.16 bits per heavy atom. The minimum atomic E-state index is -4.77. The fourth-order valence-corrected chi connectivity index (χ4v) is 5.89. The fraction of sp³-hybridized carbons (Fsp3) is 0.485. The number of rotatable bonds is 15. The molecule has 1 heterocycles. The van der Waals surface area contributed by atoms with Crippen LogP contribution in [0.25, 0.3) is 0 Å². The zero-order valence-corrected chi connectivity index (χ0v) is 28.7. The van der Waals surface area contributed by atoms with Crippen LogP contribution in [0, 0.1) is 11.8 Å². The van der Waals surface area contributed by atoms with Crippen LogP contribution in [0.2, 0.25) is 0 Å². The van der Waals surface area contributed by atoms with Crippen LogP contribution in [0.1, 0.15) is 57.6 Å². The Labute approximate surface area is 294 Å². The van der Waals surface area contributed by atoms with Crippen molar-refractivity contribution in [2.45, 2.75) is 76.6 Å². The highest BCUT2D eigenvalue weighted by molar-refractivity contribution is 7.97. The lowest BCUT2D eigenvalue weighted by molar-refractivity contribution is -0.148. The van der Waals surface area contributed by atoms with Crippen molar-refractivity contribution < 1.29 is 55.4 Å². The SMILES string of the molecule is CC(C)(C)OC(=O)NC(CSNC[C@@H](CCC(F)(F)F)[C@@H](CCC(F)(F)F)C(=O)N[C@H]1N=C(c2ccccc2)c2ccccc2NC1=O)C(=O)O. The van der Waals surface area contributed by atoms with E-state index in [9.17, 15) is 50.6 Å². The minimum absolute atomic E-state index is 0.279. The largest absolute Gasteiger partial charge is 0.480 e. The van der Waals surface area contributed by atoms with Crippen molar-refractivity contribution in [3.63, 3.8) is 0 Å². The number of alkyl carbamates (subject to hydrolysis) is 1. The first-order valence-corrected chi connectivity index (χ1v) is 16.8. The van der Waals surface area contributed by atoms with E-state index in [1.165, 1.54) is 0 Å². The van der Waals surface area contributed by atoms with E-state index < -0.39 is 98.1 Å². The van der Waals surface area contributed by atoms with Crippen LogP contribution in [0.3, 0.4) is 0 Å². The lowest BCUT2D eigenvalue weighted by Gasteiger charge is -2.28. The summed E-state index contributed by atoms with van der Waals surface area (Å²) in [6.45, 7) is 4.21. The number of carboxylic acid groups (broad SMARTS) is 1. The summed E-state index contributed by atoms with van der Waals surface area (Å²) in [7, 11) is 0. The van der Waals surface area contributed by atoms with E-state index in [0.717, 1.165) is 0 Å². The summed E-state index contributed by atoms with van der Waals surface area (Å²) in [4.78, 5) is 55.3. The number of amides is 3. The van der Waals surface area contributed by atoms with E-state index in [1.807, 2.05) is 0 Å². The van der Waals surface area contributed by atoms with Gasteiger partial charge in [0.25, 0.3) is 5.91 Å². The predicted molar refractivity (Wildman–Crippen MR) is 178 cm³/mol. The molecule has 5 N–H and O–H groups in total. The van der Waals surface area contributed by atoms with Gasteiger partial charge in [-0.25, -0.2) is 14.6 Å². The number of anilines is 1. The highest BCUT2D eigenvalue weighted by Crippen LogP contribution is 2.33. The summed E-state index contributed by atoms with van der Waals surface area (Å²) in [6, 6.07) is 13.7. The van der Waals surface area contributed by atoms with Crippen molar-refractivity contribution in [1.82, 2.24) is 15.4 Å². The van der Waals surface area contributed by atoms with E-state index in [1.54, 1.807) is 75.4 Å². The number of halogens is 6. The molecule has 0 spiro atoms. The Balaban J connectivity index is 1.86. The van der Waals surface area contributed by atoms with Crippen LogP contribution < -0.4 is 20.7 Å². The Hall–Kier alpha value is -4.32. The van der Waals surface area contributed by atoms with Crippen molar-refractivity contribution in [3.8, 4) is 0 Å². The second kappa shape index (κ2) is 17.7. The smallest absolute Gasteiger partial charge is 0.408 e. The summed E-state index contributed by atoms with van der Waals surface area (Å²) in [5.74, 6) is -6.83. The first-order valence-electron chi connectivity index (χ1n) is 15.8. The molecule has 0 aliphatic carbocycles. The van der Waals surface area contributed by atoms with Gasteiger partial charge in [-0.1, -0.05) is 60.5 Å². The second-order valence-corrected chi connectivity index (χ2v) is 13.6. The molecule has 3 amide bonds. The number of aliphatic imine (C=N–C) groups is 1. The van der Waals surface area contributed by atoms with Crippen LogP contribution in [0.5, 0.6) is 0 Å². The number of carbonyl (C=O) groups excluding carboxylic acids is 3. The van der Waals surface area contributed by atoms with Crippen LogP contribution in [-0.2, 0) is 19.1 Å². The van der Waals surface area contributed by atoms with Crippen molar-refractivity contribution in [2.75, 3.05) is 17.6 Å². The highest BCUT2D eigenvalue weighted by Gasteiger charge is 2.39. The van der Waals surface area contributed by atoms with Crippen molar-refractivity contribution >= 4 is 47.2 Å². The summed E-state index contributed by atoms with van der Waals surface area (Å²) in [6.07, 6.45) is -16.8. The highest BCUT2D eigenvalue weighted by atomic mass is 32.2. The number of hydrogen-bond donors (Lipinski definition) is 5. The van der Waals surface area contributed by atoms with Crippen LogP contribution in [-0.4, -0.2) is 77.2 Å². The van der Waals surface area contributed by atoms with Gasteiger partial charge in [0.05, 0.1) is 11.4 Å². The zero-order chi connectivity index (χ0) is 38.0. The van der Waals surface area contributed by atoms with E-state index in [-0.39, 0.29) is 11.5 Å². The van der Waals surface area contributed by atoms with Gasteiger partial charge >= 0.3 is 24.4 Å². The fourth-order valence-electron chi connectivity index (χ4n) is 5.05. The molecule has 3 rings (SSSR count). The van der Waals surface area contributed by atoms with E-state index in [2.05, 4.69) is 25.7 Å². The standard InChI is InChI=1S/C33H39F6N5O6S/c1-31(2,3)50-30(49)42-24(29(47)48)18-51-40-17-20(13-15-32(34,35)36)21(14-16-33(37,38)39)27(45)44-26-28(46)41-23-12-8-7-11-22(23)25(43-26)19-9-5-4-6-10-19/h4-12,20-21,24,26,40H,13-18H2,1-3H3,(H,41,46)(H,42,49)(H,44,45)(H,47,48)/t20-,21-,24?,26-/m1/s1. The monoisotopic (exact) mass is 747 g/mol. The molecule has 0 fully saturated rings. The van der Waals surface area contributed by atoms with Gasteiger partial charge in [-0.2, -0.15) is 26.3 Å². The lowest BCUT2D eigenvalue weighted by atomic mass is 9.84. The first kappa shape index (κ1) is 41.1. The van der Waals surface area contributed by atoms with Gasteiger partial charge in [0.1, 0.15) is 11.6 Å². The number of fused-ring (bicyclic) bond motifs is 1. The van der Waals surface area contributed by atoms with Gasteiger partial charge in [-0.05, 0) is 45.6 Å². The third kappa shape index (κ3) is 14.1. The molecule has 0 saturated heterocycles. The minimum Gasteiger partial charge on any atom is -0.480 e. The molecule has 0 aromatic heterocycles.